The lowest BCUT2D eigenvalue weighted by atomic mass is 10.1. The van der Waals surface area contributed by atoms with Crippen molar-refractivity contribution in [3.05, 3.63) is 96.1 Å². The Morgan fingerprint density at radius 3 is 2.57 bits per heavy atom. The Morgan fingerprint density at radius 2 is 1.87 bits per heavy atom. The first kappa shape index (κ1) is 19.6. The summed E-state index contributed by atoms with van der Waals surface area (Å²) in [6, 6.07) is 21.2. The van der Waals surface area contributed by atoms with Gasteiger partial charge in [-0.25, -0.2) is 9.07 Å². The van der Waals surface area contributed by atoms with Gasteiger partial charge in [-0.3, -0.25) is 4.79 Å². The van der Waals surface area contributed by atoms with Crippen LogP contribution in [0.2, 0.25) is 0 Å². The fourth-order valence-electron chi connectivity index (χ4n) is 3.26. The average Bonchev–Trinajstić information content (AvgIpc) is 3.43. The van der Waals surface area contributed by atoms with Crippen molar-refractivity contribution in [3.8, 4) is 17.1 Å². The van der Waals surface area contributed by atoms with Crippen LogP contribution in [0.15, 0.2) is 83.5 Å². The first-order valence-electron chi connectivity index (χ1n) is 9.85. The summed E-state index contributed by atoms with van der Waals surface area (Å²) in [5, 5.41) is 7.56. The predicted molar refractivity (Wildman–Crippen MR) is 113 cm³/mol. The molecule has 0 bridgehead atoms. The van der Waals surface area contributed by atoms with E-state index in [1.54, 1.807) is 36.6 Å². The summed E-state index contributed by atoms with van der Waals surface area (Å²) in [5.74, 6) is -0.0371. The largest absolute Gasteiger partial charge is 0.463 e. The minimum Gasteiger partial charge on any atom is -0.463 e. The first-order valence-corrected chi connectivity index (χ1v) is 9.85. The van der Waals surface area contributed by atoms with Crippen molar-refractivity contribution in [1.29, 1.82) is 0 Å². The summed E-state index contributed by atoms with van der Waals surface area (Å²) in [5.41, 5.74) is 2.72. The zero-order chi connectivity index (χ0) is 20.9. The second kappa shape index (κ2) is 8.78. The molecule has 1 amide bonds. The van der Waals surface area contributed by atoms with Crippen molar-refractivity contribution in [2.24, 2.45) is 0 Å². The highest BCUT2D eigenvalue weighted by Crippen LogP contribution is 2.22. The van der Waals surface area contributed by atoms with Gasteiger partial charge in [0, 0.05) is 12.1 Å². The molecule has 2 aromatic carbocycles. The Balaban J connectivity index is 1.55. The molecular weight excluding hydrogens is 381 g/mol. The van der Waals surface area contributed by atoms with Crippen molar-refractivity contribution in [2.45, 2.75) is 25.8 Å². The van der Waals surface area contributed by atoms with Gasteiger partial charge in [-0.05, 0) is 61.7 Å². The molecule has 0 radical (unpaired) electrons. The van der Waals surface area contributed by atoms with Crippen LogP contribution in [-0.4, -0.2) is 21.7 Å². The van der Waals surface area contributed by atoms with E-state index < -0.39 is 0 Å². The van der Waals surface area contributed by atoms with Crippen LogP contribution in [0.3, 0.4) is 0 Å². The van der Waals surface area contributed by atoms with E-state index in [1.807, 2.05) is 25.1 Å². The quantitative estimate of drug-likeness (QED) is 0.471. The number of nitrogens with zero attached hydrogens (tertiary/aromatic N) is 2. The number of aryl methyl sites for hydroxylation is 1. The predicted octanol–water partition coefficient (Wildman–Crippen LogP) is 5.02. The Morgan fingerprint density at radius 1 is 1.10 bits per heavy atom. The lowest BCUT2D eigenvalue weighted by molar-refractivity contribution is 0.0930. The number of carbonyl (C=O) groups excluding carboxylic acids is 1. The molecule has 6 heteroatoms. The van der Waals surface area contributed by atoms with Crippen LogP contribution in [0.1, 0.15) is 29.4 Å². The Labute approximate surface area is 174 Å². The number of rotatable bonds is 7. The number of nitrogens with one attached hydrogen (secondary N) is 1. The number of hydrogen-bond acceptors (Lipinski definition) is 3. The number of benzene rings is 2. The zero-order valence-electron chi connectivity index (χ0n) is 16.6. The SMILES string of the molecule is C[C@@H](CCc1ccccc1)NC(=O)c1cc(-c2ccco2)nn1-c1ccc(F)cc1. The van der Waals surface area contributed by atoms with Gasteiger partial charge in [0.1, 0.15) is 17.2 Å². The van der Waals surface area contributed by atoms with Crippen LogP contribution in [0.25, 0.3) is 17.1 Å². The minimum absolute atomic E-state index is 0.0265. The lowest BCUT2D eigenvalue weighted by Gasteiger charge is -2.14. The molecular formula is C24H22FN3O2. The number of hydrogen-bond donors (Lipinski definition) is 1. The van der Waals surface area contributed by atoms with Crippen molar-refractivity contribution < 1.29 is 13.6 Å². The maximum atomic E-state index is 13.4. The van der Waals surface area contributed by atoms with Gasteiger partial charge in [0.25, 0.3) is 5.91 Å². The maximum Gasteiger partial charge on any atom is 0.270 e. The van der Waals surface area contributed by atoms with Crippen LogP contribution < -0.4 is 5.32 Å². The Kier molecular flexibility index (Phi) is 5.75. The normalized spacial score (nSPS) is 11.9. The topological polar surface area (TPSA) is 60.1 Å². The minimum atomic E-state index is -0.349. The van der Waals surface area contributed by atoms with E-state index in [2.05, 4.69) is 22.5 Å². The molecule has 2 aromatic heterocycles. The van der Waals surface area contributed by atoms with E-state index in [9.17, 15) is 9.18 Å². The van der Waals surface area contributed by atoms with Gasteiger partial charge >= 0.3 is 0 Å². The van der Waals surface area contributed by atoms with Crippen molar-refractivity contribution >= 4 is 5.91 Å². The number of halogens is 1. The summed E-state index contributed by atoms with van der Waals surface area (Å²) < 4.78 is 20.3. The van der Waals surface area contributed by atoms with E-state index in [1.165, 1.54) is 22.4 Å². The molecule has 0 unspecified atom stereocenters. The van der Waals surface area contributed by atoms with Gasteiger partial charge < -0.3 is 9.73 Å². The summed E-state index contributed by atoms with van der Waals surface area (Å²) in [6.45, 7) is 1.98. The second-order valence-electron chi connectivity index (χ2n) is 7.18. The molecule has 4 aromatic rings. The fourth-order valence-corrected chi connectivity index (χ4v) is 3.26. The van der Waals surface area contributed by atoms with Gasteiger partial charge in [0.2, 0.25) is 0 Å². The molecule has 5 nitrogen and oxygen atoms in total. The molecule has 0 saturated heterocycles. The van der Waals surface area contributed by atoms with Crippen LogP contribution in [0.4, 0.5) is 4.39 Å². The highest BCUT2D eigenvalue weighted by molar-refractivity contribution is 5.94. The highest BCUT2D eigenvalue weighted by atomic mass is 19.1. The summed E-state index contributed by atoms with van der Waals surface area (Å²) in [6.07, 6.45) is 3.24. The highest BCUT2D eigenvalue weighted by Gasteiger charge is 2.20. The summed E-state index contributed by atoms with van der Waals surface area (Å²) in [4.78, 5) is 13.0. The summed E-state index contributed by atoms with van der Waals surface area (Å²) >= 11 is 0. The molecule has 0 saturated carbocycles. The zero-order valence-corrected chi connectivity index (χ0v) is 16.6. The van der Waals surface area contributed by atoms with E-state index in [0.717, 1.165) is 12.8 Å². The molecule has 4 rings (SSSR count). The molecule has 0 fully saturated rings. The van der Waals surface area contributed by atoms with Gasteiger partial charge in [0.15, 0.2) is 5.76 Å². The molecule has 30 heavy (non-hydrogen) atoms. The molecule has 0 aliphatic rings. The van der Waals surface area contributed by atoms with Gasteiger partial charge in [-0.15, -0.1) is 0 Å². The molecule has 0 aliphatic heterocycles. The van der Waals surface area contributed by atoms with Crippen LogP contribution in [0.5, 0.6) is 0 Å². The second-order valence-corrected chi connectivity index (χ2v) is 7.18. The smallest absolute Gasteiger partial charge is 0.270 e. The third-order valence-corrected chi connectivity index (χ3v) is 4.87. The fraction of sp³-hybridized carbons (Fsp3) is 0.167. The molecule has 1 atom stereocenters. The van der Waals surface area contributed by atoms with E-state index >= 15 is 0 Å². The number of amides is 1. The lowest BCUT2D eigenvalue weighted by Crippen LogP contribution is -2.34. The standard InChI is InChI=1S/C24H22FN3O2/c1-17(9-10-18-6-3-2-4-7-18)26-24(29)22-16-21(23-8-5-15-30-23)27-28(22)20-13-11-19(25)12-14-20/h2-8,11-17H,9-10H2,1H3,(H,26,29)/t17-/m0/s1. The van der Waals surface area contributed by atoms with Crippen LogP contribution >= 0.6 is 0 Å². The summed E-state index contributed by atoms with van der Waals surface area (Å²) in [7, 11) is 0. The number of aromatic nitrogens is 2. The first-order chi connectivity index (χ1) is 14.6. The van der Waals surface area contributed by atoms with Crippen molar-refractivity contribution in [1.82, 2.24) is 15.1 Å². The van der Waals surface area contributed by atoms with E-state index in [0.29, 0.717) is 22.8 Å². The third-order valence-electron chi connectivity index (χ3n) is 4.87. The van der Waals surface area contributed by atoms with E-state index in [-0.39, 0.29) is 17.8 Å². The van der Waals surface area contributed by atoms with Gasteiger partial charge in [-0.2, -0.15) is 5.10 Å². The average molecular weight is 403 g/mol. The molecule has 0 aliphatic carbocycles. The Hall–Kier alpha value is -3.67. The third kappa shape index (κ3) is 4.49. The molecule has 0 spiro atoms. The molecule has 2 heterocycles. The van der Waals surface area contributed by atoms with Crippen molar-refractivity contribution in [3.63, 3.8) is 0 Å². The van der Waals surface area contributed by atoms with Crippen LogP contribution in [0, 0.1) is 5.82 Å². The molecule has 1 N–H and O–H groups in total. The van der Waals surface area contributed by atoms with Gasteiger partial charge in [0.05, 0.1) is 12.0 Å². The maximum absolute atomic E-state index is 13.4. The number of carbonyl (C=O) groups is 1. The molecule has 152 valence electrons. The van der Waals surface area contributed by atoms with Gasteiger partial charge in [-0.1, -0.05) is 30.3 Å². The Bertz CT molecular complexity index is 1100. The van der Waals surface area contributed by atoms with Crippen LogP contribution in [-0.2, 0) is 6.42 Å². The van der Waals surface area contributed by atoms with E-state index in [4.69, 9.17) is 4.42 Å². The monoisotopic (exact) mass is 403 g/mol. The number of furan rings is 1. The van der Waals surface area contributed by atoms with Crippen molar-refractivity contribution in [2.75, 3.05) is 0 Å².